The maximum absolute atomic E-state index is 13.4. The minimum atomic E-state index is -3.85. The van der Waals surface area contributed by atoms with Crippen molar-refractivity contribution in [3.8, 4) is 16.2 Å². The first kappa shape index (κ1) is 25.5. The Morgan fingerprint density at radius 2 is 1.83 bits per heavy atom. The van der Waals surface area contributed by atoms with E-state index in [1.807, 2.05) is 37.3 Å². The third kappa shape index (κ3) is 6.35. The molecule has 0 radical (unpaired) electrons. The summed E-state index contributed by atoms with van der Waals surface area (Å²) < 4.78 is 34.8. The van der Waals surface area contributed by atoms with Gasteiger partial charge in [0.1, 0.15) is 10.6 Å². The largest absolute Gasteiger partial charge is 0.495 e. The first-order valence-electron chi connectivity index (χ1n) is 12.4. The van der Waals surface area contributed by atoms with Crippen molar-refractivity contribution >= 4 is 32.2 Å². The van der Waals surface area contributed by atoms with E-state index in [0.717, 1.165) is 40.5 Å². The minimum Gasteiger partial charge on any atom is -0.495 e. The Bertz CT molecular complexity index is 1230. The molecule has 1 aliphatic rings. The molecule has 1 saturated carbocycles. The van der Waals surface area contributed by atoms with Gasteiger partial charge in [0, 0.05) is 11.7 Å². The molecule has 1 heterocycles. The molecule has 4 rings (SSSR count). The third-order valence-corrected chi connectivity index (χ3v) is 9.01. The quantitative estimate of drug-likeness (QED) is 0.305. The maximum atomic E-state index is 13.4. The number of nitrogens with one attached hydrogen (secondary N) is 2. The molecular weight excluding hydrogens is 478 g/mol. The highest BCUT2D eigenvalue weighted by atomic mass is 32.2. The second kappa shape index (κ2) is 11.4. The van der Waals surface area contributed by atoms with Crippen molar-refractivity contribution in [3.05, 3.63) is 53.7 Å². The number of nitrogens with zero attached hydrogens (tertiary/aromatic N) is 1. The summed E-state index contributed by atoms with van der Waals surface area (Å²) in [5.41, 5.74) is 3.43. The monoisotopic (exact) mass is 513 g/mol. The van der Waals surface area contributed by atoms with Crippen molar-refractivity contribution in [3.63, 3.8) is 0 Å². The maximum Gasteiger partial charge on any atom is 0.265 e. The van der Waals surface area contributed by atoms with Gasteiger partial charge in [0.2, 0.25) is 0 Å². The highest BCUT2D eigenvalue weighted by Gasteiger charge is 2.23. The lowest BCUT2D eigenvalue weighted by Crippen LogP contribution is -2.21. The molecule has 2 N–H and O–H groups in total. The summed E-state index contributed by atoms with van der Waals surface area (Å²) in [6.07, 6.45) is 9.39. The summed E-state index contributed by atoms with van der Waals surface area (Å²) in [5.74, 6) is 0.309. The zero-order valence-corrected chi connectivity index (χ0v) is 22.4. The number of benzene rings is 2. The van der Waals surface area contributed by atoms with Crippen LogP contribution in [-0.2, 0) is 16.4 Å². The Morgan fingerprint density at radius 3 is 2.51 bits per heavy atom. The fourth-order valence-corrected chi connectivity index (χ4v) is 6.80. The number of aromatic nitrogens is 1. The molecule has 8 heteroatoms. The molecule has 2 aromatic carbocycles. The van der Waals surface area contributed by atoms with Crippen LogP contribution in [0, 0.1) is 6.92 Å². The van der Waals surface area contributed by atoms with Crippen LogP contribution in [0.25, 0.3) is 10.4 Å². The standard InChI is InChI=1S/C27H35N3O3S2/c1-4-5-9-20-12-15-23(16-13-20)30-35(31,32)25-18-21(14-17-24(25)33-3)26-19(2)28-27(34-26)29-22-10-7-6-8-11-22/h12-18,22,30H,4-11H2,1-3H3,(H,28,29). The Morgan fingerprint density at radius 1 is 1.09 bits per heavy atom. The van der Waals surface area contributed by atoms with Crippen molar-refractivity contribution in [2.45, 2.75) is 76.2 Å². The van der Waals surface area contributed by atoms with E-state index >= 15 is 0 Å². The highest BCUT2D eigenvalue weighted by molar-refractivity contribution is 7.92. The van der Waals surface area contributed by atoms with Crippen LogP contribution in [0.1, 0.15) is 63.1 Å². The molecule has 0 spiro atoms. The Kier molecular flexibility index (Phi) is 8.34. The number of thiazole rings is 1. The van der Waals surface area contributed by atoms with Crippen LogP contribution < -0.4 is 14.8 Å². The molecule has 0 atom stereocenters. The predicted octanol–water partition coefficient (Wildman–Crippen LogP) is 7.02. The molecule has 0 saturated heterocycles. The van der Waals surface area contributed by atoms with Crippen molar-refractivity contribution in [2.24, 2.45) is 0 Å². The summed E-state index contributed by atoms with van der Waals surface area (Å²) in [6, 6.07) is 13.3. The number of aryl methyl sites for hydroxylation is 2. The first-order valence-corrected chi connectivity index (χ1v) is 14.7. The minimum absolute atomic E-state index is 0.113. The normalized spacial score (nSPS) is 14.6. The number of anilines is 2. The van der Waals surface area contributed by atoms with Crippen LogP contribution in [0.15, 0.2) is 47.4 Å². The number of methoxy groups -OCH3 is 1. The van der Waals surface area contributed by atoms with Crippen LogP contribution in [0.2, 0.25) is 0 Å². The average molecular weight is 514 g/mol. The smallest absolute Gasteiger partial charge is 0.265 e. The van der Waals surface area contributed by atoms with E-state index in [9.17, 15) is 8.42 Å². The number of sulfonamides is 1. The number of ether oxygens (including phenoxy) is 1. The van der Waals surface area contributed by atoms with E-state index in [1.165, 1.54) is 44.8 Å². The van der Waals surface area contributed by atoms with E-state index in [4.69, 9.17) is 9.72 Å². The van der Waals surface area contributed by atoms with Gasteiger partial charge in [-0.25, -0.2) is 13.4 Å². The van der Waals surface area contributed by atoms with Gasteiger partial charge in [-0.3, -0.25) is 4.72 Å². The molecule has 0 aliphatic heterocycles. The third-order valence-electron chi connectivity index (χ3n) is 6.47. The fraction of sp³-hybridized carbons (Fsp3) is 0.444. The lowest BCUT2D eigenvalue weighted by molar-refractivity contribution is 0.403. The number of rotatable bonds is 10. The Hall–Kier alpha value is -2.58. The summed E-state index contributed by atoms with van der Waals surface area (Å²) in [5, 5.41) is 4.48. The Balaban J connectivity index is 1.57. The molecule has 1 aliphatic carbocycles. The van der Waals surface area contributed by atoms with Gasteiger partial charge in [0.25, 0.3) is 10.0 Å². The number of hydrogen-bond acceptors (Lipinski definition) is 6. The molecule has 0 unspecified atom stereocenters. The SMILES string of the molecule is CCCCc1ccc(NS(=O)(=O)c2cc(-c3sc(NC4CCCCC4)nc3C)ccc2OC)cc1. The Labute approximate surface area is 213 Å². The molecule has 6 nitrogen and oxygen atoms in total. The summed E-state index contributed by atoms with van der Waals surface area (Å²) in [7, 11) is -2.36. The van der Waals surface area contributed by atoms with Crippen LogP contribution in [0.5, 0.6) is 5.75 Å². The van der Waals surface area contributed by atoms with Crippen molar-refractivity contribution in [1.82, 2.24) is 4.98 Å². The molecule has 188 valence electrons. The molecular formula is C27H35N3O3S2. The molecule has 1 fully saturated rings. The van der Waals surface area contributed by atoms with Crippen LogP contribution in [0.4, 0.5) is 10.8 Å². The molecule has 0 bridgehead atoms. The van der Waals surface area contributed by atoms with Gasteiger partial charge in [0.15, 0.2) is 5.13 Å². The number of unbranched alkanes of at least 4 members (excludes halogenated alkanes) is 1. The lowest BCUT2D eigenvalue weighted by atomic mass is 9.96. The first-order chi connectivity index (χ1) is 16.9. The topological polar surface area (TPSA) is 80.3 Å². The highest BCUT2D eigenvalue weighted by Crippen LogP contribution is 2.37. The van der Waals surface area contributed by atoms with Crippen LogP contribution in [0.3, 0.4) is 0 Å². The molecule has 0 amide bonds. The average Bonchev–Trinajstić information content (AvgIpc) is 3.23. The zero-order valence-electron chi connectivity index (χ0n) is 20.8. The van der Waals surface area contributed by atoms with Crippen LogP contribution >= 0.6 is 11.3 Å². The van der Waals surface area contributed by atoms with Gasteiger partial charge < -0.3 is 10.1 Å². The number of hydrogen-bond donors (Lipinski definition) is 2. The van der Waals surface area contributed by atoms with Gasteiger partial charge in [-0.15, -0.1) is 0 Å². The summed E-state index contributed by atoms with van der Waals surface area (Å²) in [4.78, 5) is 5.80. The molecule has 1 aromatic heterocycles. The van der Waals surface area contributed by atoms with Gasteiger partial charge in [0.05, 0.1) is 17.7 Å². The van der Waals surface area contributed by atoms with Gasteiger partial charge in [-0.1, -0.05) is 56.1 Å². The summed E-state index contributed by atoms with van der Waals surface area (Å²) in [6.45, 7) is 4.13. The van der Waals surface area contributed by atoms with E-state index in [2.05, 4.69) is 17.0 Å². The summed E-state index contributed by atoms with van der Waals surface area (Å²) >= 11 is 1.57. The van der Waals surface area contributed by atoms with Crippen LogP contribution in [-0.4, -0.2) is 26.6 Å². The second-order valence-corrected chi connectivity index (χ2v) is 11.8. The van der Waals surface area contributed by atoms with Crippen molar-refractivity contribution in [2.75, 3.05) is 17.1 Å². The fourth-order valence-electron chi connectivity index (χ4n) is 4.51. The van der Waals surface area contributed by atoms with Gasteiger partial charge in [-0.2, -0.15) is 0 Å². The molecule has 3 aromatic rings. The van der Waals surface area contributed by atoms with Gasteiger partial charge in [-0.05, 0) is 74.1 Å². The predicted molar refractivity (Wildman–Crippen MR) is 145 cm³/mol. The van der Waals surface area contributed by atoms with Crippen molar-refractivity contribution in [1.29, 1.82) is 0 Å². The van der Waals surface area contributed by atoms with E-state index in [-0.39, 0.29) is 4.90 Å². The van der Waals surface area contributed by atoms with E-state index in [1.54, 1.807) is 23.5 Å². The second-order valence-electron chi connectivity index (χ2n) is 9.18. The zero-order chi connectivity index (χ0) is 24.8. The van der Waals surface area contributed by atoms with E-state index in [0.29, 0.717) is 17.5 Å². The van der Waals surface area contributed by atoms with Crippen molar-refractivity contribution < 1.29 is 13.2 Å². The van der Waals surface area contributed by atoms with E-state index < -0.39 is 10.0 Å². The van der Waals surface area contributed by atoms with Gasteiger partial charge >= 0.3 is 0 Å². The lowest BCUT2D eigenvalue weighted by Gasteiger charge is -2.22. The molecule has 35 heavy (non-hydrogen) atoms.